The second-order valence-electron chi connectivity index (χ2n) is 4.40. The number of hydrogen-bond acceptors (Lipinski definition) is 3. The maximum Gasteiger partial charge on any atom is 0.220 e. The maximum absolute atomic E-state index is 11.4. The van der Waals surface area contributed by atoms with E-state index >= 15 is 0 Å². The number of benzene rings is 1. The van der Waals surface area contributed by atoms with Crippen molar-refractivity contribution >= 4 is 5.91 Å². The molecule has 0 saturated heterocycles. The molecule has 0 aliphatic carbocycles. The monoisotopic (exact) mass is 260 g/mol. The number of ether oxygens (including phenoxy) is 1. The Morgan fingerprint density at radius 3 is 2.79 bits per heavy atom. The van der Waals surface area contributed by atoms with Gasteiger partial charge in [-0.15, -0.1) is 0 Å². The van der Waals surface area contributed by atoms with Crippen LogP contribution in [0.25, 0.3) is 0 Å². The smallest absolute Gasteiger partial charge is 0.220 e. The summed E-state index contributed by atoms with van der Waals surface area (Å²) in [6.07, 6.45) is 0.908. The van der Waals surface area contributed by atoms with Gasteiger partial charge < -0.3 is 10.1 Å². The zero-order valence-electron chi connectivity index (χ0n) is 11.7. The number of carbonyl (C=O) groups is 1. The molecule has 0 spiro atoms. The lowest BCUT2D eigenvalue weighted by atomic mass is 9.94. The van der Waals surface area contributed by atoms with Crippen LogP contribution in [-0.4, -0.2) is 19.6 Å². The molecule has 19 heavy (non-hydrogen) atoms. The van der Waals surface area contributed by atoms with Crippen molar-refractivity contribution < 1.29 is 9.53 Å². The first kappa shape index (κ1) is 15.0. The molecule has 0 saturated carbocycles. The van der Waals surface area contributed by atoms with E-state index in [1.54, 1.807) is 7.11 Å². The van der Waals surface area contributed by atoms with Gasteiger partial charge in [-0.25, -0.2) is 0 Å². The highest BCUT2D eigenvalue weighted by atomic mass is 16.5. The largest absolute Gasteiger partial charge is 0.496 e. The Bertz CT molecular complexity index is 478. The Morgan fingerprint density at radius 2 is 2.26 bits per heavy atom. The van der Waals surface area contributed by atoms with Crippen molar-refractivity contribution in [2.75, 3.05) is 13.7 Å². The number of nitrogens with zero attached hydrogens (tertiary/aromatic N) is 1. The van der Waals surface area contributed by atoms with Crippen LogP contribution in [0, 0.1) is 18.3 Å². The molecule has 4 heteroatoms. The number of hydrogen-bond donors (Lipinski definition) is 1. The summed E-state index contributed by atoms with van der Waals surface area (Å²) >= 11 is 0. The highest BCUT2D eigenvalue weighted by Gasteiger charge is 2.14. The van der Waals surface area contributed by atoms with Crippen LogP contribution >= 0.6 is 0 Å². The van der Waals surface area contributed by atoms with Gasteiger partial charge in [0.05, 0.1) is 19.1 Å². The van der Waals surface area contributed by atoms with E-state index in [4.69, 9.17) is 4.74 Å². The van der Waals surface area contributed by atoms with Crippen molar-refractivity contribution in [2.45, 2.75) is 32.6 Å². The summed E-state index contributed by atoms with van der Waals surface area (Å²) in [6.45, 7) is 4.45. The molecule has 1 atom stereocenters. The molecule has 1 rings (SSSR count). The first-order chi connectivity index (χ1) is 9.12. The van der Waals surface area contributed by atoms with E-state index in [9.17, 15) is 10.1 Å². The molecule has 102 valence electrons. The lowest BCUT2D eigenvalue weighted by Crippen LogP contribution is -2.22. The predicted molar refractivity (Wildman–Crippen MR) is 74.0 cm³/mol. The van der Waals surface area contributed by atoms with Gasteiger partial charge in [0.2, 0.25) is 5.91 Å². The zero-order valence-corrected chi connectivity index (χ0v) is 11.7. The Balaban J connectivity index is 2.73. The number of nitriles is 1. The predicted octanol–water partition coefficient (Wildman–Crippen LogP) is 2.53. The molecule has 1 N–H and O–H groups in total. The third kappa shape index (κ3) is 4.29. The van der Waals surface area contributed by atoms with Crippen LogP contribution < -0.4 is 10.1 Å². The van der Waals surface area contributed by atoms with Crippen LogP contribution in [0.2, 0.25) is 0 Å². The SMILES string of the molecule is CCNC(=O)CCC(C#N)c1ccc(OC)c(C)c1. The first-order valence-corrected chi connectivity index (χ1v) is 6.43. The summed E-state index contributed by atoms with van der Waals surface area (Å²) in [5.74, 6) is 0.546. The van der Waals surface area contributed by atoms with Gasteiger partial charge in [0.1, 0.15) is 5.75 Å². The zero-order chi connectivity index (χ0) is 14.3. The van der Waals surface area contributed by atoms with E-state index in [0.29, 0.717) is 19.4 Å². The van der Waals surface area contributed by atoms with Gasteiger partial charge in [0.15, 0.2) is 0 Å². The third-order valence-electron chi connectivity index (χ3n) is 3.01. The Labute approximate surface area is 114 Å². The minimum Gasteiger partial charge on any atom is -0.496 e. The molecule has 0 bridgehead atoms. The van der Waals surface area contributed by atoms with E-state index in [2.05, 4.69) is 11.4 Å². The number of aryl methyl sites for hydroxylation is 1. The second kappa shape index (κ2) is 7.42. The molecule has 0 aliphatic rings. The first-order valence-electron chi connectivity index (χ1n) is 6.43. The van der Waals surface area contributed by atoms with Gasteiger partial charge in [-0.05, 0) is 37.5 Å². The fourth-order valence-electron chi connectivity index (χ4n) is 1.99. The van der Waals surface area contributed by atoms with Gasteiger partial charge >= 0.3 is 0 Å². The van der Waals surface area contributed by atoms with E-state index in [1.165, 1.54) is 0 Å². The summed E-state index contributed by atoms with van der Waals surface area (Å²) in [5.41, 5.74) is 1.93. The molecule has 1 aromatic carbocycles. The topological polar surface area (TPSA) is 62.1 Å². The minimum absolute atomic E-state index is 0.00650. The van der Waals surface area contributed by atoms with Crippen LogP contribution in [0.15, 0.2) is 18.2 Å². The fraction of sp³-hybridized carbons (Fsp3) is 0.467. The lowest BCUT2D eigenvalue weighted by Gasteiger charge is -2.12. The molecule has 1 aromatic rings. The van der Waals surface area contributed by atoms with Crippen molar-refractivity contribution in [1.82, 2.24) is 5.32 Å². The maximum atomic E-state index is 11.4. The summed E-state index contributed by atoms with van der Waals surface area (Å²) in [5, 5.41) is 12.0. The van der Waals surface area contributed by atoms with Crippen molar-refractivity contribution in [3.8, 4) is 11.8 Å². The molecular formula is C15H20N2O2. The van der Waals surface area contributed by atoms with Crippen molar-refractivity contribution in [3.63, 3.8) is 0 Å². The van der Waals surface area contributed by atoms with E-state index in [0.717, 1.165) is 16.9 Å². The van der Waals surface area contributed by atoms with Crippen molar-refractivity contribution in [3.05, 3.63) is 29.3 Å². The summed E-state index contributed by atoms with van der Waals surface area (Å²) in [4.78, 5) is 11.4. The van der Waals surface area contributed by atoms with Crippen LogP contribution in [0.1, 0.15) is 36.8 Å². The van der Waals surface area contributed by atoms with Crippen LogP contribution in [0.3, 0.4) is 0 Å². The molecule has 0 radical (unpaired) electrons. The molecule has 1 amide bonds. The molecule has 0 fully saturated rings. The fourth-order valence-corrected chi connectivity index (χ4v) is 1.99. The Kier molecular flexibility index (Phi) is 5.87. The number of amides is 1. The standard InChI is InChI=1S/C15H20N2O2/c1-4-17-15(18)8-6-13(10-16)12-5-7-14(19-3)11(2)9-12/h5,7,9,13H,4,6,8H2,1-3H3,(H,17,18). The molecule has 0 aliphatic heterocycles. The summed E-state index contributed by atoms with van der Waals surface area (Å²) in [7, 11) is 1.62. The minimum atomic E-state index is -0.257. The van der Waals surface area contributed by atoms with Crippen LogP contribution in [0.4, 0.5) is 0 Å². The summed E-state index contributed by atoms with van der Waals surface area (Å²) < 4.78 is 5.20. The van der Waals surface area contributed by atoms with Gasteiger partial charge in [-0.2, -0.15) is 5.26 Å². The van der Waals surface area contributed by atoms with Crippen molar-refractivity contribution in [2.24, 2.45) is 0 Å². The molecule has 0 heterocycles. The number of nitrogens with one attached hydrogen (secondary N) is 1. The lowest BCUT2D eigenvalue weighted by molar-refractivity contribution is -0.121. The van der Waals surface area contributed by atoms with Crippen molar-refractivity contribution in [1.29, 1.82) is 5.26 Å². The van der Waals surface area contributed by atoms with E-state index < -0.39 is 0 Å². The average Bonchev–Trinajstić information content (AvgIpc) is 2.40. The highest BCUT2D eigenvalue weighted by Crippen LogP contribution is 2.26. The Morgan fingerprint density at radius 1 is 1.53 bits per heavy atom. The number of methoxy groups -OCH3 is 1. The molecule has 1 unspecified atom stereocenters. The quantitative estimate of drug-likeness (QED) is 0.855. The van der Waals surface area contributed by atoms with Crippen LogP contribution in [-0.2, 0) is 4.79 Å². The summed E-state index contributed by atoms with van der Waals surface area (Å²) in [6, 6.07) is 7.96. The Hall–Kier alpha value is -2.02. The van der Waals surface area contributed by atoms with Gasteiger partial charge in [-0.1, -0.05) is 12.1 Å². The molecular weight excluding hydrogens is 240 g/mol. The highest BCUT2D eigenvalue weighted by molar-refractivity contribution is 5.75. The normalized spacial score (nSPS) is 11.5. The van der Waals surface area contributed by atoms with Crippen LogP contribution in [0.5, 0.6) is 5.75 Å². The molecule has 4 nitrogen and oxygen atoms in total. The van der Waals surface area contributed by atoms with Gasteiger partial charge in [-0.3, -0.25) is 4.79 Å². The average molecular weight is 260 g/mol. The number of rotatable bonds is 6. The van der Waals surface area contributed by atoms with E-state index in [-0.39, 0.29) is 11.8 Å². The third-order valence-corrected chi connectivity index (χ3v) is 3.01. The number of carbonyl (C=O) groups excluding carboxylic acids is 1. The second-order valence-corrected chi connectivity index (χ2v) is 4.40. The van der Waals surface area contributed by atoms with E-state index in [1.807, 2.05) is 32.0 Å². The van der Waals surface area contributed by atoms with Gasteiger partial charge in [0, 0.05) is 13.0 Å². The van der Waals surface area contributed by atoms with Gasteiger partial charge in [0.25, 0.3) is 0 Å². The molecule has 0 aromatic heterocycles.